The molecule has 1 aliphatic rings. The minimum atomic E-state index is -0.160. The summed E-state index contributed by atoms with van der Waals surface area (Å²) in [7, 11) is 1.59. The van der Waals surface area contributed by atoms with Gasteiger partial charge in [0.25, 0.3) is 0 Å². The van der Waals surface area contributed by atoms with Crippen LogP contribution in [0.5, 0.6) is 5.75 Å². The van der Waals surface area contributed by atoms with Gasteiger partial charge in [-0.2, -0.15) is 0 Å². The number of carbonyl (C=O) groups excluding carboxylic acids is 1. The van der Waals surface area contributed by atoms with Crippen molar-refractivity contribution in [2.24, 2.45) is 0 Å². The van der Waals surface area contributed by atoms with Gasteiger partial charge in [-0.15, -0.1) is 0 Å². The van der Waals surface area contributed by atoms with Crippen LogP contribution >= 0.6 is 28.1 Å². The zero-order valence-electron chi connectivity index (χ0n) is 22.0. The number of carbonyl (C=O) groups is 1. The van der Waals surface area contributed by atoms with E-state index in [1.54, 1.807) is 13.3 Å². The number of hydrogen-bond donors (Lipinski definition) is 2. The molecule has 0 unspecified atom stereocenters. The monoisotopic (exact) mass is 603 g/mol. The quantitative estimate of drug-likeness (QED) is 0.232. The smallest absolute Gasteiger partial charge is 0.226 e. The fourth-order valence-electron chi connectivity index (χ4n) is 5.27. The first-order chi connectivity index (χ1) is 18.9. The molecule has 3 heterocycles. The number of para-hydroxylation sites is 2. The minimum absolute atomic E-state index is 0.109. The van der Waals surface area contributed by atoms with Crippen molar-refractivity contribution in [2.75, 3.05) is 19.0 Å². The van der Waals surface area contributed by atoms with Crippen molar-refractivity contribution in [3.63, 3.8) is 0 Å². The molecule has 2 N–H and O–H groups in total. The number of anilines is 1. The summed E-state index contributed by atoms with van der Waals surface area (Å²) < 4.78 is 8.66. The first-order valence-corrected chi connectivity index (χ1v) is 13.9. The number of amides is 1. The Hall–Kier alpha value is -3.69. The second-order valence-corrected chi connectivity index (χ2v) is 10.8. The predicted molar refractivity (Wildman–Crippen MR) is 161 cm³/mol. The van der Waals surface area contributed by atoms with E-state index < -0.39 is 0 Å². The Morgan fingerprint density at radius 3 is 2.64 bits per heavy atom. The molecule has 200 valence electrons. The van der Waals surface area contributed by atoms with E-state index in [-0.39, 0.29) is 24.4 Å². The Morgan fingerprint density at radius 2 is 1.90 bits per heavy atom. The van der Waals surface area contributed by atoms with Crippen LogP contribution in [0.25, 0.3) is 5.69 Å². The maximum atomic E-state index is 13.0. The number of aryl methyl sites for hydroxylation is 1. The van der Waals surface area contributed by atoms with Crippen LogP contribution in [0.15, 0.2) is 83.5 Å². The Morgan fingerprint density at radius 1 is 1.10 bits per heavy atom. The van der Waals surface area contributed by atoms with Gasteiger partial charge in [0.2, 0.25) is 5.91 Å². The first kappa shape index (κ1) is 26.9. The van der Waals surface area contributed by atoms with Gasteiger partial charge in [-0.25, -0.2) is 0 Å². The van der Waals surface area contributed by atoms with Crippen molar-refractivity contribution in [3.05, 3.63) is 106 Å². The Kier molecular flexibility index (Phi) is 7.99. The fraction of sp³-hybridized carbons (Fsp3) is 0.233. The molecule has 0 bridgehead atoms. The molecule has 0 radical (unpaired) electrons. The Labute approximate surface area is 242 Å². The molecule has 2 aromatic heterocycles. The predicted octanol–water partition coefficient (Wildman–Crippen LogP) is 6.26. The van der Waals surface area contributed by atoms with Crippen molar-refractivity contribution in [1.82, 2.24) is 19.8 Å². The van der Waals surface area contributed by atoms with Crippen LogP contribution in [-0.2, 0) is 4.79 Å². The standard InChI is InChI=1S/C30H30BrN5O2S/c1-19-17-23(20(2)36(19)22-10-8-9-21(31)18-22)29-28(25-12-6-7-15-32-25)34-30(39)35(29)16-14-27(37)33-24-11-4-5-13-26(24)38-3/h4-13,15,17-18,28-29H,14,16H2,1-3H3,(H,33,37)(H,34,39)/t28-,29-/m0/s1. The number of thiocarbonyl (C=S) groups is 1. The van der Waals surface area contributed by atoms with Gasteiger partial charge < -0.3 is 24.8 Å². The maximum Gasteiger partial charge on any atom is 0.226 e. The zero-order valence-corrected chi connectivity index (χ0v) is 24.4. The van der Waals surface area contributed by atoms with Crippen molar-refractivity contribution in [2.45, 2.75) is 32.4 Å². The van der Waals surface area contributed by atoms with E-state index in [1.807, 2.05) is 54.6 Å². The highest BCUT2D eigenvalue weighted by molar-refractivity contribution is 9.10. The number of nitrogens with one attached hydrogen (secondary N) is 2. The third-order valence-corrected chi connectivity index (χ3v) is 7.86. The van der Waals surface area contributed by atoms with E-state index in [0.717, 1.165) is 32.8 Å². The van der Waals surface area contributed by atoms with Gasteiger partial charge in [-0.3, -0.25) is 9.78 Å². The molecule has 1 saturated heterocycles. The number of aromatic nitrogens is 2. The molecule has 1 amide bonds. The maximum absolute atomic E-state index is 13.0. The SMILES string of the molecule is COc1ccccc1NC(=O)CCN1C(=S)N[C@@H](c2ccccn2)[C@@H]1c1cc(C)n(-c2cccc(Br)c2)c1C. The normalized spacial score (nSPS) is 16.7. The summed E-state index contributed by atoms with van der Waals surface area (Å²) in [5, 5.41) is 7.07. The Balaban J connectivity index is 1.47. The first-order valence-electron chi connectivity index (χ1n) is 12.7. The summed E-state index contributed by atoms with van der Waals surface area (Å²) in [4.78, 5) is 19.8. The summed E-state index contributed by atoms with van der Waals surface area (Å²) in [6.45, 7) is 4.69. The third-order valence-electron chi connectivity index (χ3n) is 7.01. The fourth-order valence-corrected chi connectivity index (χ4v) is 5.99. The lowest BCUT2D eigenvalue weighted by molar-refractivity contribution is -0.116. The highest BCUT2D eigenvalue weighted by Crippen LogP contribution is 2.41. The number of halogens is 1. The van der Waals surface area contributed by atoms with Gasteiger partial charge in [0.15, 0.2) is 5.11 Å². The van der Waals surface area contributed by atoms with Crippen molar-refractivity contribution in [3.8, 4) is 11.4 Å². The number of pyridine rings is 1. The molecule has 2 atom stereocenters. The molecular weight excluding hydrogens is 574 g/mol. The van der Waals surface area contributed by atoms with Crippen LogP contribution in [-0.4, -0.2) is 39.1 Å². The second-order valence-electron chi connectivity index (χ2n) is 9.46. The van der Waals surface area contributed by atoms with E-state index in [2.05, 4.69) is 73.1 Å². The van der Waals surface area contributed by atoms with Crippen molar-refractivity contribution < 1.29 is 9.53 Å². The summed E-state index contributed by atoms with van der Waals surface area (Å²) in [6, 6.07) is 23.5. The molecule has 1 aliphatic heterocycles. The molecule has 4 aromatic rings. The highest BCUT2D eigenvalue weighted by atomic mass is 79.9. The van der Waals surface area contributed by atoms with Crippen LogP contribution in [0.1, 0.15) is 41.1 Å². The average Bonchev–Trinajstić information content (AvgIpc) is 3.42. The largest absolute Gasteiger partial charge is 0.495 e. The second kappa shape index (κ2) is 11.6. The van der Waals surface area contributed by atoms with Gasteiger partial charge >= 0.3 is 0 Å². The van der Waals surface area contributed by atoms with Crippen LogP contribution in [0, 0.1) is 13.8 Å². The molecule has 39 heavy (non-hydrogen) atoms. The van der Waals surface area contributed by atoms with Crippen molar-refractivity contribution >= 4 is 44.9 Å². The van der Waals surface area contributed by atoms with Gasteiger partial charge in [0.1, 0.15) is 5.75 Å². The number of rotatable bonds is 8. The highest BCUT2D eigenvalue weighted by Gasteiger charge is 2.41. The number of ether oxygens (including phenoxy) is 1. The lowest BCUT2D eigenvalue weighted by atomic mass is 9.96. The van der Waals surface area contributed by atoms with Crippen LogP contribution < -0.4 is 15.4 Å². The summed E-state index contributed by atoms with van der Waals surface area (Å²) in [5.41, 5.74) is 6.00. The number of nitrogens with zero attached hydrogens (tertiary/aromatic N) is 3. The zero-order chi connectivity index (χ0) is 27.5. The molecule has 5 rings (SSSR count). The molecule has 0 aliphatic carbocycles. The summed E-state index contributed by atoms with van der Waals surface area (Å²) in [5.74, 6) is 0.513. The van der Waals surface area contributed by atoms with E-state index in [9.17, 15) is 4.79 Å². The van der Waals surface area contributed by atoms with Crippen LogP contribution in [0.3, 0.4) is 0 Å². The lowest BCUT2D eigenvalue weighted by Crippen LogP contribution is -2.33. The van der Waals surface area contributed by atoms with Gasteiger partial charge in [-0.05, 0) is 80.2 Å². The molecule has 7 nitrogen and oxygen atoms in total. The van der Waals surface area contributed by atoms with Gasteiger partial charge in [-0.1, -0.05) is 40.2 Å². The van der Waals surface area contributed by atoms with E-state index in [0.29, 0.717) is 23.1 Å². The molecule has 1 fully saturated rings. The number of benzene rings is 2. The van der Waals surface area contributed by atoms with Gasteiger partial charge in [0.05, 0.1) is 30.6 Å². The third kappa shape index (κ3) is 5.55. The lowest BCUT2D eigenvalue weighted by Gasteiger charge is -2.28. The summed E-state index contributed by atoms with van der Waals surface area (Å²) >= 11 is 9.43. The molecular formula is C30H30BrN5O2S. The average molecular weight is 605 g/mol. The van der Waals surface area contributed by atoms with Crippen molar-refractivity contribution in [1.29, 1.82) is 0 Å². The van der Waals surface area contributed by atoms with E-state index in [1.165, 1.54) is 0 Å². The van der Waals surface area contributed by atoms with Gasteiger partial charge in [0, 0.05) is 40.7 Å². The van der Waals surface area contributed by atoms with E-state index >= 15 is 0 Å². The van der Waals surface area contributed by atoms with Crippen LogP contribution in [0.2, 0.25) is 0 Å². The number of hydrogen-bond acceptors (Lipinski definition) is 4. The summed E-state index contributed by atoms with van der Waals surface area (Å²) in [6.07, 6.45) is 2.06. The number of methoxy groups -OCH3 is 1. The molecule has 9 heteroatoms. The minimum Gasteiger partial charge on any atom is -0.495 e. The Bertz CT molecular complexity index is 1510. The van der Waals surface area contributed by atoms with Crippen LogP contribution in [0.4, 0.5) is 5.69 Å². The van der Waals surface area contributed by atoms with E-state index in [4.69, 9.17) is 17.0 Å². The molecule has 2 aromatic carbocycles. The molecule has 0 spiro atoms. The topological polar surface area (TPSA) is 71.4 Å². The molecule has 0 saturated carbocycles.